The van der Waals surface area contributed by atoms with Gasteiger partial charge < -0.3 is 16.8 Å². The largest absolute Gasteiger partial charge is 0.367 e. The summed E-state index contributed by atoms with van der Waals surface area (Å²) in [5.41, 5.74) is 11.4. The number of benzene rings is 1. The van der Waals surface area contributed by atoms with Crippen LogP contribution >= 0.6 is 0 Å². The summed E-state index contributed by atoms with van der Waals surface area (Å²) in [7, 11) is 0. The SMILES string of the molecule is NC(=O)c1ccc(NC(=O)Cn2cnc(N)n2)cc1. The highest BCUT2D eigenvalue weighted by Crippen LogP contribution is 2.09. The van der Waals surface area contributed by atoms with Crippen molar-refractivity contribution in [2.45, 2.75) is 6.54 Å². The van der Waals surface area contributed by atoms with Crippen LogP contribution in [0.3, 0.4) is 0 Å². The Hall–Kier alpha value is -2.90. The molecule has 5 N–H and O–H groups in total. The molecule has 0 unspecified atom stereocenters. The van der Waals surface area contributed by atoms with E-state index >= 15 is 0 Å². The maximum atomic E-state index is 11.7. The number of aromatic nitrogens is 3. The summed E-state index contributed by atoms with van der Waals surface area (Å²) in [6, 6.07) is 6.25. The molecule has 0 atom stereocenters. The molecule has 2 amide bonds. The van der Waals surface area contributed by atoms with Crippen LogP contribution in [-0.4, -0.2) is 26.6 Å². The lowest BCUT2D eigenvalue weighted by Gasteiger charge is -2.05. The molecule has 2 rings (SSSR count). The van der Waals surface area contributed by atoms with Crippen LogP contribution in [0.1, 0.15) is 10.4 Å². The average molecular weight is 260 g/mol. The number of nitrogens with one attached hydrogen (secondary N) is 1. The lowest BCUT2D eigenvalue weighted by molar-refractivity contribution is -0.116. The van der Waals surface area contributed by atoms with Crippen molar-refractivity contribution in [3.8, 4) is 0 Å². The summed E-state index contributed by atoms with van der Waals surface area (Å²) >= 11 is 0. The van der Waals surface area contributed by atoms with Gasteiger partial charge in [0.1, 0.15) is 12.9 Å². The molecule has 0 spiro atoms. The Labute approximate surface area is 108 Å². The number of rotatable bonds is 4. The Morgan fingerprint density at radius 1 is 1.26 bits per heavy atom. The first kappa shape index (κ1) is 12.6. The molecule has 0 saturated carbocycles. The molecule has 0 saturated heterocycles. The van der Waals surface area contributed by atoms with Crippen LogP contribution in [0.5, 0.6) is 0 Å². The summed E-state index contributed by atoms with van der Waals surface area (Å²) in [4.78, 5) is 26.3. The number of nitrogens with zero attached hydrogens (tertiary/aromatic N) is 3. The molecule has 0 fully saturated rings. The Morgan fingerprint density at radius 3 is 2.47 bits per heavy atom. The average Bonchev–Trinajstić information content (AvgIpc) is 2.75. The van der Waals surface area contributed by atoms with Gasteiger partial charge in [-0.1, -0.05) is 0 Å². The van der Waals surface area contributed by atoms with Crippen LogP contribution in [0.4, 0.5) is 11.6 Å². The predicted octanol–water partition coefficient (Wildman–Crippen LogP) is -0.402. The summed E-state index contributed by atoms with van der Waals surface area (Å²) in [5.74, 6) is -0.689. The Morgan fingerprint density at radius 2 is 1.95 bits per heavy atom. The second-order valence-electron chi connectivity index (χ2n) is 3.79. The second kappa shape index (κ2) is 5.17. The van der Waals surface area contributed by atoms with Gasteiger partial charge >= 0.3 is 0 Å². The topological polar surface area (TPSA) is 129 Å². The number of anilines is 2. The number of nitrogen functional groups attached to an aromatic ring is 1. The Balaban J connectivity index is 1.97. The van der Waals surface area contributed by atoms with Crippen molar-refractivity contribution in [3.63, 3.8) is 0 Å². The molecule has 1 aromatic carbocycles. The highest BCUT2D eigenvalue weighted by molar-refractivity contribution is 5.94. The maximum Gasteiger partial charge on any atom is 0.248 e. The standard InChI is InChI=1S/C11H12N6O2/c12-10(19)7-1-3-8(4-2-7)15-9(18)5-17-6-14-11(13)16-17/h1-4,6H,5H2,(H2,12,19)(H2,13,16)(H,15,18). The summed E-state index contributed by atoms with van der Waals surface area (Å²) < 4.78 is 1.32. The first-order valence-electron chi connectivity index (χ1n) is 5.39. The fourth-order valence-electron chi connectivity index (χ4n) is 1.45. The van der Waals surface area contributed by atoms with Gasteiger partial charge in [-0.2, -0.15) is 0 Å². The summed E-state index contributed by atoms with van der Waals surface area (Å²) in [6.07, 6.45) is 1.37. The number of hydrogen-bond acceptors (Lipinski definition) is 5. The fourth-order valence-corrected chi connectivity index (χ4v) is 1.45. The zero-order chi connectivity index (χ0) is 13.8. The minimum absolute atomic E-state index is 0.00176. The third-order valence-electron chi connectivity index (χ3n) is 2.31. The zero-order valence-corrected chi connectivity index (χ0v) is 9.91. The molecule has 1 heterocycles. The third-order valence-corrected chi connectivity index (χ3v) is 2.31. The van der Waals surface area contributed by atoms with Crippen LogP contribution < -0.4 is 16.8 Å². The predicted molar refractivity (Wildman–Crippen MR) is 68.0 cm³/mol. The fraction of sp³-hybridized carbons (Fsp3) is 0.0909. The number of nitrogens with two attached hydrogens (primary N) is 2. The number of carbonyl (C=O) groups excluding carboxylic acids is 2. The van der Waals surface area contributed by atoms with Crippen molar-refractivity contribution >= 4 is 23.5 Å². The van der Waals surface area contributed by atoms with Crippen LogP contribution in [0.2, 0.25) is 0 Å². The van der Waals surface area contributed by atoms with Gasteiger partial charge in [-0.15, -0.1) is 5.10 Å². The normalized spacial score (nSPS) is 10.1. The summed E-state index contributed by atoms with van der Waals surface area (Å²) in [5, 5.41) is 6.44. The van der Waals surface area contributed by atoms with E-state index < -0.39 is 5.91 Å². The number of carbonyl (C=O) groups is 2. The van der Waals surface area contributed by atoms with Gasteiger partial charge in [-0.05, 0) is 24.3 Å². The molecule has 0 aliphatic heterocycles. The first-order valence-corrected chi connectivity index (χ1v) is 5.39. The lowest BCUT2D eigenvalue weighted by atomic mass is 10.2. The van der Waals surface area contributed by atoms with Gasteiger partial charge in [0.25, 0.3) is 0 Å². The van der Waals surface area contributed by atoms with Gasteiger partial charge in [-0.25, -0.2) is 9.67 Å². The van der Waals surface area contributed by atoms with Crippen molar-refractivity contribution in [2.75, 3.05) is 11.1 Å². The van der Waals surface area contributed by atoms with Gasteiger partial charge in [-0.3, -0.25) is 9.59 Å². The highest BCUT2D eigenvalue weighted by atomic mass is 16.2. The highest BCUT2D eigenvalue weighted by Gasteiger charge is 2.06. The number of hydrogen-bond donors (Lipinski definition) is 3. The molecule has 0 radical (unpaired) electrons. The Kier molecular flexibility index (Phi) is 3.42. The van der Waals surface area contributed by atoms with Gasteiger partial charge in [0.05, 0.1) is 0 Å². The second-order valence-corrected chi connectivity index (χ2v) is 3.79. The molecular formula is C11H12N6O2. The molecule has 2 aromatic rings. The zero-order valence-electron chi connectivity index (χ0n) is 9.91. The summed E-state index contributed by atoms with van der Waals surface area (Å²) in [6.45, 7) is 0.00176. The van der Waals surface area contributed by atoms with E-state index in [0.717, 1.165) is 0 Å². The van der Waals surface area contributed by atoms with Crippen molar-refractivity contribution in [2.24, 2.45) is 5.73 Å². The van der Waals surface area contributed by atoms with E-state index in [1.165, 1.54) is 23.1 Å². The van der Waals surface area contributed by atoms with Gasteiger partial charge in [0.2, 0.25) is 17.8 Å². The van der Waals surface area contributed by atoms with Crippen LogP contribution in [0, 0.1) is 0 Å². The molecule has 0 aliphatic rings. The van der Waals surface area contributed by atoms with Crippen LogP contribution in [0.15, 0.2) is 30.6 Å². The molecule has 8 heteroatoms. The van der Waals surface area contributed by atoms with E-state index in [1.54, 1.807) is 12.1 Å². The number of amides is 2. The molecule has 1 aromatic heterocycles. The van der Waals surface area contributed by atoms with E-state index in [-0.39, 0.29) is 18.4 Å². The van der Waals surface area contributed by atoms with Gasteiger partial charge in [0.15, 0.2) is 0 Å². The minimum atomic E-state index is -0.518. The van der Waals surface area contributed by atoms with Crippen molar-refractivity contribution in [1.29, 1.82) is 0 Å². The molecular weight excluding hydrogens is 248 g/mol. The molecule has 19 heavy (non-hydrogen) atoms. The van der Waals surface area contributed by atoms with E-state index in [2.05, 4.69) is 15.4 Å². The first-order chi connectivity index (χ1) is 9.04. The van der Waals surface area contributed by atoms with E-state index in [4.69, 9.17) is 11.5 Å². The smallest absolute Gasteiger partial charge is 0.248 e. The van der Waals surface area contributed by atoms with Crippen molar-refractivity contribution in [1.82, 2.24) is 14.8 Å². The number of primary amides is 1. The molecule has 0 bridgehead atoms. The van der Waals surface area contributed by atoms with Crippen molar-refractivity contribution in [3.05, 3.63) is 36.2 Å². The van der Waals surface area contributed by atoms with Gasteiger partial charge in [0, 0.05) is 11.3 Å². The molecule has 98 valence electrons. The van der Waals surface area contributed by atoms with Crippen LogP contribution in [-0.2, 0) is 11.3 Å². The van der Waals surface area contributed by atoms with E-state index in [0.29, 0.717) is 11.3 Å². The van der Waals surface area contributed by atoms with E-state index in [1.807, 2.05) is 0 Å². The van der Waals surface area contributed by atoms with Crippen molar-refractivity contribution < 1.29 is 9.59 Å². The minimum Gasteiger partial charge on any atom is -0.367 e. The Bertz CT molecular complexity index is 604. The van der Waals surface area contributed by atoms with Crippen LogP contribution in [0.25, 0.3) is 0 Å². The maximum absolute atomic E-state index is 11.7. The quantitative estimate of drug-likeness (QED) is 0.688. The molecule has 0 aliphatic carbocycles. The lowest BCUT2D eigenvalue weighted by Crippen LogP contribution is -2.19. The van der Waals surface area contributed by atoms with E-state index in [9.17, 15) is 9.59 Å². The monoisotopic (exact) mass is 260 g/mol. The third kappa shape index (κ3) is 3.28. The molecule has 8 nitrogen and oxygen atoms in total.